The number of hydrogen-bond acceptors (Lipinski definition) is 3. The third-order valence-electron chi connectivity index (χ3n) is 11.1. The molecule has 0 spiro atoms. The van der Waals surface area contributed by atoms with E-state index in [2.05, 4.69) is 153 Å². The molecule has 0 bridgehead atoms. The van der Waals surface area contributed by atoms with E-state index in [0.29, 0.717) is 0 Å². The molecule has 3 heteroatoms. The largest absolute Gasteiger partial charge is 0.455 e. The molecule has 0 N–H and O–H groups in total. The Balaban J connectivity index is 1.09. The number of hydrogen-bond donors (Lipinski definition) is 0. The van der Waals surface area contributed by atoms with E-state index in [0.717, 1.165) is 60.7 Å². The van der Waals surface area contributed by atoms with Crippen molar-refractivity contribution in [3.8, 4) is 33.5 Å². The molecule has 0 atom stereocenters. The Morgan fingerprint density at radius 2 is 1.12 bits per heavy atom. The van der Waals surface area contributed by atoms with Gasteiger partial charge >= 0.3 is 0 Å². The van der Waals surface area contributed by atoms with Crippen molar-refractivity contribution < 1.29 is 4.42 Å². The molecule has 234 valence electrons. The van der Waals surface area contributed by atoms with Crippen LogP contribution in [-0.4, -0.2) is 9.97 Å². The molecule has 3 nitrogen and oxygen atoms in total. The summed E-state index contributed by atoms with van der Waals surface area (Å²) in [7, 11) is 0. The lowest BCUT2D eigenvalue weighted by Gasteiger charge is -2.21. The van der Waals surface area contributed by atoms with Gasteiger partial charge in [0.1, 0.15) is 11.2 Å². The van der Waals surface area contributed by atoms with Crippen LogP contribution in [0.2, 0.25) is 0 Å². The smallest absolute Gasteiger partial charge is 0.143 e. The number of furan rings is 1. The lowest BCUT2D eigenvalue weighted by Crippen LogP contribution is -2.14. The highest BCUT2D eigenvalue weighted by molar-refractivity contribution is 6.23. The van der Waals surface area contributed by atoms with Gasteiger partial charge in [-0.25, -0.2) is 4.98 Å². The highest BCUT2D eigenvalue weighted by Gasteiger charge is 2.36. The predicted octanol–water partition coefficient (Wildman–Crippen LogP) is 12.6. The first-order chi connectivity index (χ1) is 24.5. The van der Waals surface area contributed by atoms with Gasteiger partial charge in [-0.3, -0.25) is 4.98 Å². The Labute approximate surface area is 288 Å². The zero-order chi connectivity index (χ0) is 33.1. The van der Waals surface area contributed by atoms with Gasteiger partial charge in [0, 0.05) is 38.1 Å². The summed E-state index contributed by atoms with van der Waals surface area (Å²) in [4.78, 5) is 10.4. The molecule has 11 rings (SSSR count). The molecule has 2 aromatic heterocycles. The second-order valence-corrected chi connectivity index (χ2v) is 14.1. The van der Waals surface area contributed by atoms with Crippen LogP contribution in [0.4, 0.5) is 0 Å². The van der Waals surface area contributed by atoms with Crippen LogP contribution in [0.15, 0.2) is 150 Å². The quantitative estimate of drug-likeness (QED) is 0.177. The first kappa shape index (κ1) is 27.6. The van der Waals surface area contributed by atoms with Crippen LogP contribution in [-0.2, 0) is 5.41 Å². The minimum Gasteiger partial charge on any atom is -0.455 e. The van der Waals surface area contributed by atoms with E-state index >= 15 is 0 Å². The van der Waals surface area contributed by atoms with Crippen molar-refractivity contribution in [1.29, 1.82) is 0 Å². The molecule has 2 heterocycles. The van der Waals surface area contributed by atoms with E-state index in [4.69, 9.17) is 14.4 Å². The third-order valence-corrected chi connectivity index (χ3v) is 11.1. The molecule has 0 fully saturated rings. The summed E-state index contributed by atoms with van der Waals surface area (Å²) in [5, 5.41) is 9.42. The van der Waals surface area contributed by atoms with Crippen molar-refractivity contribution in [2.45, 2.75) is 19.3 Å². The standard InChI is InChI=1S/C47H30N2O/c1-47(2)39-21-18-28(31-16-9-17-36-43-30-11-4-3-10-27(30)20-23-42(43)50-46(31)36)24-37(39)38-25-29(19-22-40(38)47)41-26-48-44-34-14-7-5-12-32(34)33-13-6-8-15-35(33)45(44)49-41/h3-26H,1-2H3. The van der Waals surface area contributed by atoms with Crippen LogP contribution < -0.4 is 0 Å². The van der Waals surface area contributed by atoms with Gasteiger partial charge in [0.15, 0.2) is 0 Å². The number of fused-ring (bicyclic) bond motifs is 14. The summed E-state index contributed by atoms with van der Waals surface area (Å²) in [5.74, 6) is 0. The fourth-order valence-corrected chi connectivity index (χ4v) is 8.65. The van der Waals surface area contributed by atoms with Crippen LogP contribution >= 0.6 is 0 Å². The molecular formula is C47H30N2O. The fraction of sp³-hybridized carbons (Fsp3) is 0.0638. The van der Waals surface area contributed by atoms with Crippen molar-refractivity contribution in [2.24, 2.45) is 0 Å². The van der Waals surface area contributed by atoms with Crippen LogP contribution in [0.25, 0.3) is 98.8 Å². The van der Waals surface area contributed by atoms with Gasteiger partial charge in [-0.1, -0.05) is 135 Å². The fourth-order valence-electron chi connectivity index (χ4n) is 8.65. The van der Waals surface area contributed by atoms with Gasteiger partial charge in [0.05, 0.1) is 22.9 Å². The van der Waals surface area contributed by atoms with Crippen molar-refractivity contribution in [1.82, 2.24) is 9.97 Å². The molecular weight excluding hydrogens is 609 g/mol. The second-order valence-electron chi connectivity index (χ2n) is 14.1. The van der Waals surface area contributed by atoms with Gasteiger partial charge in [-0.15, -0.1) is 0 Å². The van der Waals surface area contributed by atoms with Gasteiger partial charge in [0.2, 0.25) is 0 Å². The molecule has 0 saturated heterocycles. The molecule has 0 radical (unpaired) electrons. The van der Waals surface area contributed by atoms with E-state index in [9.17, 15) is 0 Å². The average Bonchev–Trinajstić information content (AvgIpc) is 3.67. The van der Waals surface area contributed by atoms with E-state index < -0.39 is 0 Å². The highest BCUT2D eigenvalue weighted by Crippen LogP contribution is 2.51. The normalized spacial score (nSPS) is 13.6. The summed E-state index contributed by atoms with van der Waals surface area (Å²) in [6.07, 6.45) is 1.94. The topological polar surface area (TPSA) is 38.9 Å². The van der Waals surface area contributed by atoms with Crippen LogP contribution in [0.1, 0.15) is 25.0 Å². The number of nitrogens with zero attached hydrogens (tertiary/aromatic N) is 2. The number of para-hydroxylation sites is 1. The molecule has 0 saturated carbocycles. The summed E-state index contributed by atoms with van der Waals surface area (Å²) in [5.41, 5.74) is 12.9. The lowest BCUT2D eigenvalue weighted by atomic mass is 9.82. The van der Waals surface area contributed by atoms with Crippen molar-refractivity contribution in [2.75, 3.05) is 0 Å². The zero-order valence-electron chi connectivity index (χ0n) is 27.7. The minimum atomic E-state index is -0.129. The highest BCUT2D eigenvalue weighted by atomic mass is 16.3. The molecule has 50 heavy (non-hydrogen) atoms. The van der Waals surface area contributed by atoms with Crippen LogP contribution in [0.3, 0.4) is 0 Å². The van der Waals surface area contributed by atoms with E-state index in [1.165, 1.54) is 49.2 Å². The second kappa shape index (κ2) is 9.87. The summed E-state index contributed by atoms with van der Waals surface area (Å²) < 4.78 is 6.63. The minimum absolute atomic E-state index is 0.129. The van der Waals surface area contributed by atoms with Crippen LogP contribution in [0, 0.1) is 0 Å². The first-order valence-electron chi connectivity index (χ1n) is 17.2. The first-order valence-corrected chi connectivity index (χ1v) is 17.2. The monoisotopic (exact) mass is 638 g/mol. The molecule has 8 aromatic carbocycles. The van der Waals surface area contributed by atoms with Crippen LogP contribution in [0.5, 0.6) is 0 Å². The summed E-state index contributed by atoms with van der Waals surface area (Å²) in [6.45, 7) is 4.66. The maximum atomic E-state index is 6.63. The van der Waals surface area contributed by atoms with E-state index in [-0.39, 0.29) is 5.41 Å². The maximum Gasteiger partial charge on any atom is 0.143 e. The SMILES string of the molecule is CC1(C)c2ccc(-c3cnc4c5ccccc5c5ccccc5c4n3)cc2-c2cc(-c3cccc4c3oc3ccc5ccccc5c34)ccc21. The Morgan fingerprint density at radius 3 is 1.88 bits per heavy atom. The van der Waals surface area contributed by atoms with E-state index in [1.807, 2.05) is 6.20 Å². The van der Waals surface area contributed by atoms with Crippen molar-refractivity contribution in [3.63, 3.8) is 0 Å². The molecule has 1 aliphatic rings. The third kappa shape index (κ3) is 3.69. The molecule has 10 aromatic rings. The lowest BCUT2D eigenvalue weighted by molar-refractivity contribution is 0.660. The Hall–Kier alpha value is -6.32. The molecule has 0 amide bonds. The zero-order valence-corrected chi connectivity index (χ0v) is 27.7. The Bertz CT molecular complexity index is 3040. The number of rotatable bonds is 2. The van der Waals surface area contributed by atoms with Gasteiger partial charge in [-0.2, -0.15) is 0 Å². The Morgan fingerprint density at radius 1 is 0.500 bits per heavy atom. The maximum absolute atomic E-state index is 6.63. The van der Waals surface area contributed by atoms with Gasteiger partial charge < -0.3 is 4.42 Å². The van der Waals surface area contributed by atoms with Crippen molar-refractivity contribution in [3.05, 3.63) is 157 Å². The predicted molar refractivity (Wildman–Crippen MR) is 208 cm³/mol. The average molecular weight is 639 g/mol. The molecule has 0 unspecified atom stereocenters. The number of benzene rings is 8. The summed E-state index contributed by atoms with van der Waals surface area (Å²) in [6, 6.07) is 50.1. The molecule has 0 aliphatic heterocycles. The van der Waals surface area contributed by atoms with Crippen molar-refractivity contribution >= 4 is 65.3 Å². The van der Waals surface area contributed by atoms with E-state index in [1.54, 1.807) is 0 Å². The number of aromatic nitrogens is 2. The summed E-state index contributed by atoms with van der Waals surface area (Å²) >= 11 is 0. The van der Waals surface area contributed by atoms with Gasteiger partial charge in [-0.05, 0) is 67.6 Å². The van der Waals surface area contributed by atoms with Gasteiger partial charge in [0.25, 0.3) is 0 Å². The Kier molecular flexibility index (Phi) is 5.45. The molecule has 1 aliphatic carbocycles.